The van der Waals surface area contributed by atoms with Crippen LogP contribution in [0.5, 0.6) is 5.75 Å². The molecule has 0 N–H and O–H groups in total. The van der Waals surface area contributed by atoms with Crippen molar-refractivity contribution in [1.29, 1.82) is 0 Å². The lowest BCUT2D eigenvalue weighted by atomic mass is 10.3. The molecule has 0 radical (unpaired) electrons. The fraction of sp³-hybridized carbons (Fsp3) is 0.143. The van der Waals surface area contributed by atoms with E-state index in [1.807, 2.05) is 0 Å². The third-order valence-electron chi connectivity index (χ3n) is 1.27. The highest BCUT2D eigenvalue weighted by atomic mass is 79.9. The first-order valence-electron chi connectivity index (χ1n) is 3.09. The average molecular weight is 320 g/mol. The maximum atomic E-state index is 13.0. The van der Waals surface area contributed by atoms with Crippen LogP contribution in [0.4, 0.5) is 13.2 Å². The molecule has 0 aliphatic heterocycles. The summed E-state index contributed by atoms with van der Waals surface area (Å²) < 4.78 is 41.7. The highest BCUT2D eigenvalue weighted by molar-refractivity contribution is 9.11. The number of hydrogen-bond acceptors (Lipinski definition) is 1. The van der Waals surface area contributed by atoms with Gasteiger partial charge in [-0.2, -0.15) is 0 Å². The van der Waals surface area contributed by atoms with E-state index in [0.717, 1.165) is 6.07 Å². The minimum Gasteiger partial charge on any atom is -0.459 e. The quantitative estimate of drug-likeness (QED) is 0.595. The van der Waals surface area contributed by atoms with Crippen LogP contribution in [0.15, 0.2) is 15.0 Å². The molecule has 0 atom stereocenters. The Morgan fingerprint density at radius 2 is 1.92 bits per heavy atom. The fourth-order valence-electron chi connectivity index (χ4n) is 0.736. The van der Waals surface area contributed by atoms with Gasteiger partial charge in [0.25, 0.3) is 0 Å². The molecular weight excluding hydrogens is 317 g/mol. The monoisotopic (exact) mass is 318 g/mol. The van der Waals surface area contributed by atoms with Gasteiger partial charge in [0.2, 0.25) is 6.86 Å². The second kappa shape index (κ2) is 4.32. The maximum absolute atomic E-state index is 13.0. The van der Waals surface area contributed by atoms with Crippen molar-refractivity contribution >= 4 is 31.9 Å². The Kier molecular flexibility index (Phi) is 3.61. The van der Waals surface area contributed by atoms with Gasteiger partial charge in [-0.1, -0.05) is 0 Å². The molecule has 72 valence electrons. The van der Waals surface area contributed by atoms with Gasteiger partial charge in [-0.15, -0.1) is 0 Å². The second-order valence-corrected chi connectivity index (χ2v) is 3.70. The average Bonchev–Trinajstić information content (AvgIpc) is 2.09. The van der Waals surface area contributed by atoms with Crippen molar-refractivity contribution < 1.29 is 17.9 Å². The first-order chi connectivity index (χ1) is 6.07. The molecule has 1 aromatic carbocycles. The van der Waals surface area contributed by atoms with Gasteiger partial charge in [0.05, 0.1) is 8.95 Å². The third kappa shape index (κ3) is 2.17. The summed E-state index contributed by atoms with van der Waals surface area (Å²) in [7, 11) is 0. The van der Waals surface area contributed by atoms with E-state index in [1.54, 1.807) is 0 Å². The van der Waals surface area contributed by atoms with E-state index in [4.69, 9.17) is 0 Å². The first-order valence-corrected chi connectivity index (χ1v) is 4.68. The summed E-state index contributed by atoms with van der Waals surface area (Å²) >= 11 is 5.53. The number of rotatable bonds is 2. The summed E-state index contributed by atoms with van der Waals surface area (Å²) in [6.45, 7) is -1.21. The van der Waals surface area contributed by atoms with Gasteiger partial charge in [0, 0.05) is 0 Å². The summed E-state index contributed by atoms with van der Waals surface area (Å²) in [5.74, 6) is -2.04. The van der Waals surface area contributed by atoms with Crippen molar-refractivity contribution in [3.8, 4) is 5.75 Å². The Hall–Kier alpha value is -0.230. The van der Waals surface area contributed by atoms with Gasteiger partial charge >= 0.3 is 0 Å². The minimum atomic E-state index is -1.21. The van der Waals surface area contributed by atoms with E-state index in [-0.39, 0.29) is 8.95 Å². The molecule has 0 aliphatic carbocycles. The molecule has 0 aliphatic rings. The van der Waals surface area contributed by atoms with Crippen molar-refractivity contribution in [2.45, 2.75) is 0 Å². The number of benzene rings is 1. The lowest BCUT2D eigenvalue weighted by molar-refractivity contribution is 0.182. The van der Waals surface area contributed by atoms with Crippen LogP contribution in [0.25, 0.3) is 0 Å². The maximum Gasteiger partial charge on any atom is 0.228 e. The standard InChI is InChI=1S/C7H3Br2F3O/c8-3-1-4(11)7(13-2-10)5(9)6(3)12/h1H,2H2. The molecule has 1 rings (SSSR count). The van der Waals surface area contributed by atoms with E-state index < -0.39 is 24.2 Å². The van der Waals surface area contributed by atoms with Crippen LogP contribution < -0.4 is 4.74 Å². The molecule has 0 saturated carbocycles. The van der Waals surface area contributed by atoms with Gasteiger partial charge in [0.15, 0.2) is 17.4 Å². The highest BCUT2D eigenvalue weighted by Gasteiger charge is 2.16. The number of alkyl halides is 1. The molecule has 0 bridgehead atoms. The lowest BCUT2D eigenvalue weighted by Gasteiger charge is -2.07. The smallest absolute Gasteiger partial charge is 0.228 e. The molecule has 0 fully saturated rings. The molecule has 1 aromatic rings. The molecule has 1 nitrogen and oxygen atoms in total. The fourth-order valence-corrected chi connectivity index (χ4v) is 1.92. The molecule has 13 heavy (non-hydrogen) atoms. The molecule has 0 saturated heterocycles. The van der Waals surface area contributed by atoms with E-state index in [9.17, 15) is 13.2 Å². The Balaban J connectivity index is 3.26. The number of halogens is 5. The van der Waals surface area contributed by atoms with Crippen molar-refractivity contribution in [2.24, 2.45) is 0 Å². The van der Waals surface area contributed by atoms with Crippen LogP contribution in [0, 0.1) is 11.6 Å². The Morgan fingerprint density at radius 1 is 1.31 bits per heavy atom. The van der Waals surface area contributed by atoms with E-state index in [2.05, 4.69) is 36.6 Å². The summed E-state index contributed by atoms with van der Waals surface area (Å²) in [6, 6.07) is 0.866. The van der Waals surface area contributed by atoms with Gasteiger partial charge in [-0.25, -0.2) is 13.2 Å². The zero-order chi connectivity index (χ0) is 10.0. The van der Waals surface area contributed by atoms with Crippen LogP contribution in [-0.4, -0.2) is 6.86 Å². The van der Waals surface area contributed by atoms with Crippen molar-refractivity contribution in [3.05, 3.63) is 26.6 Å². The van der Waals surface area contributed by atoms with Gasteiger partial charge in [-0.05, 0) is 37.9 Å². The predicted octanol–water partition coefficient (Wildman–Crippen LogP) is 3.80. The molecule has 0 spiro atoms. The molecule has 0 heterocycles. The minimum absolute atomic E-state index is 0.0527. The van der Waals surface area contributed by atoms with Crippen LogP contribution >= 0.6 is 31.9 Å². The molecule has 0 unspecified atom stereocenters. The third-order valence-corrected chi connectivity index (χ3v) is 2.56. The molecule has 0 aromatic heterocycles. The molecule has 6 heteroatoms. The van der Waals surface area contributed by atoms with Crippen LogP contribution in [0.3, 0.4) is 0 Å². The van der Waals surface area contributed by atoms with Crippen LogP contribution in [-0.2, 0) is 0 Å². The lowest BCUT2D eigenvalue weighted by Crippen LogP contribution is -1.97. The molecular formula is C7H3Br2F3O. The summed E-state index contributed by atoms with van der Waals surface area (Å²) in [6.07, 6.45) is 0. The van der Waals surface area contributed by atoms with Crippen LogP contribution in [0.2, 0.25) is 0 Å². The van der Waals surface area contributed by atoms with Crippen molar-refractivity contribution in [1.82, 2.24) is 0 Å². The largest absolute Gasteiger partial charge is 0.459 e. The normalized spacial score (nSPS) is 10.2. The highest BCUT2D eigenvalue weighted by Crippen LogP contribution is 2.35. The number of hydrogen-bond donors (Lipinski definition) is 0. The second-order valence-electron chi connectivity index (χ2n) is 2.05. The van der Waals surface area contributed by atoms with Gasteiger partial charge < -0.3 is 4.74 Å². The summed E-state index contributed by atoms with van der Waals surface area (Å²) in [4.78, 5) is 0. The first kappa shape index (κ1) is 10.8. The van der Waals surface area contributed by atoms with Crippen molar-refractivity contribution in [3.63, 3.8) is 0 Å². The van der Waals surface area contributed by atoms with E-state index in [1.165, 1.54) is 0 Å². The van der Waals surface area contributed by atoms with E-state index in [0.29, 0.717) is 0 Å². The van der Waals surface area contributed by atoms with Gasteiger partial charge in [0.1, 0.15) is 0 Å². The van der Waals surface area contributed by atoms with Crippen LogP contribution in [0.1, 0.15) is 0 Å². The summed E-state index contributed by atoms with van der Waals surface area (Å²) in [5.41, 5.74) is 0. The zero-order valence-corrected chi connectivity index (χ0v) is 9.25. The number of ether oxygens (including phenoxy) is 1. The Labute approximate surface area is 89.1 Å². The summed E-state index contributed by atoms with van der Waals surface area (Å²) in [5, 5.41) is 0. The zero-order valence-electron chi connectivity index (χ0n) is 6.08. The molecule has 0 amide bonds. The van der Waals surface area contributed by atoms with Crippen molar-refractivity contribution in [2.75, 3.05) is 6.86 Å². The van der Waals surface area contributed by atoms with Gasteiger partial charge in [-0.3, -0.25) is 0 Å². The Bertz CT molecular complexity index is 330. The SMILES string of the molecule is FCOc1c(F)cc(Br)c(F)c1Br. The van der Waals surface area contributed by atoms with E-state index >= 15 is 0 Å². The Morgan fingerprint density at radius 3 is 2.46 bits per heavy atom. The predicted molar refractivity (Wildman–Crippen MR) is 48.4 cm³/mol. The topological polar surface area (TPSA) is 9.23 Å².